The number of ether oxygens (including phenoxy) is 2. The zero-order chi connectivity index (χ0) is 32.6. The van der Waals surface area contributed by atoms with E-state index in [1.807, 2.05) is 0 Å². The van der Waals surface area contributed by atoms with Crippen molar-refractivity contribution in [3.63, 3.8) is 0 Å². The molecule has 0 heterocycles. The van der Waals surface area contributed by atoms with Gasteiger partial charge in [-0.15, -0.1) is 0 Å². The average Bonchev–Trinajstić information content (AvgIpc) is 3.69. The van der Waals surface area contributed by atoms with E-state index in [4.69, 9.17) is 9.47 Å². The molecule has 0 N–H and O–H groups in total. The van der Waals surface area contributed by atoms with E-state index in [-0.39, 0.29) is 30.1 Å². The van der Waals surface area contributed by atoms with Crippen LogP contribution in [0.5, 0.6) is 0 Å². The summed E-state index contributed by atoms with van der Waals surface area (Å²) in [6.45, 7) is 6.56. The number of unbranched alkanes of at least 4 members (excludes halogenated alkanes) is 16. The molecule has 4 nitrogen and oxygen atoms in total. The molecule has 45 heavy (non-hydrogen) atoms. The summed E-state index contributed by atoms with van der Waals surface area (Å²) in [5.41, 5.74) is 0. The Morgan fingerprint density at radius 1 is 0.444 bits per heavy atom. The maximum atomic E-state index is 12.4. The molecule has 1 unspecified atom stereocenters. The minimum atomic E-state index is -0.242. The van der Waals surface area contributed by atoms with Crippen molar-refractivity contribution in [2.24, 2.45) is 5.92 Å². The Balaban J connectivity index is 1.98. The van der Waals surface area contributed by atoms with Gasteiger partial charge in [0, 0.05) is 18.8 Å². The fraction of sp³-hybridized carbons (Fsp3) is 0.756. The van der Waals surface area contributed by atoms with Crippen molar-refractivity contribution < 1.29 is 19.1 Å². The van der Waals surface area contributed by atoms with Crippen LogP contribution in [0.25, 0.3) is 0 Å². The Hall–Kier alpha value is -2.10. The molecule has 1 aliphatic rings. The standard InChI is InChI=1S/C41H70O4/c1-4-7-9-11-13-15-17-19-21-23-25-27-29-31-33-35-38(42)44-40-37(6-3)41(40)45-39(43)36-34-32-30-28-26-24-22-20-18-16-14-12-10-8-5-2/h13-16,19-22,37,40-41H,4-12,17-18,23-36H2,1-3H3/b15-13-,16-14-,21-19-,22-20-/t37-,40-,41?/m1/s1. The highest BCUT2D eigenvalue weighted by Crippen LogP contribution is 2.40. The molecule has 3 atom stereocenters. The number of hydrogen-bond acceptors (Lipinski definition) is 4. The lowest BCUT2D eigenvalue weighted by Crippen LogP contribution is -2.13. The molecule has 0 radical (unpaired) electrons. The lowest BCUT2D eigenvalue weighted by molar-refractivity contribution is -0.152. The predicted octanol–water partition coefficient (Wildman–Crippen LogP) is 12.5. The number of allylic oxidation sites excluding steroid dienone is 8. The van der Waals surface area contributed by atoms with Gasteiger partial charge < -0.3 is 9.47 Å². The van der Waals surface area contributed by atoms with Gasteiger partial charge in [-0.2, -0.15) is 0 Å². The van der Waals surface area contributed by atoms with Gasteiger partial charge in [0.15, 0.2) is 0 Å². The van der Waals surface area contributed by atoms with Gasteiger partial charge in [-0.3, -0.25) is 9.59 Å². The van der Waals surface area contributed by atoms with Gasteiger partial charge in [0.25, 0.3) is 0 Å². The van der Waals surface area contributed by atoms with Crippen LogP contribution in [0.15, 0.2) is 48.6 Å². The van der Waals surface area contributed by atoms with E-state index in [9.17, 15) is 9.59 Å². The first-order chi connectivity index (χ1) is 22.1. The molecular weight excluding hydrogens is 556 g/mol. The Morgan fingerprint density at radius 2 is 0.778 bits per heavy atom. The SMILES string of the molecule is CCCCC/C=C\C/C=C\CCCCCCCC(=O)OC1[C@H](CC)[C@H]1OC(=O)CCCCCCC/C=C\C/C=C\CCCCC. The van der Waals surface area contributed by atoms with Crippen molar-refractivity contribution in [2.75, 3.05) is 0 Å². The second-order valence-electron chi connectivity index (χ2n) is 12.9. The van der Waals surface area contributed by atoms with Crippen LogP contribution < -0.4 is 0 Å². The highest BCUT2D eigenvalue weighted by molar-refractivity contribution is 5.71. The lowest BCUT2D eigenvalue weighted by atomic mass is 10.1. The topological polar surface area (TPSA) is 52.6 Å². The van der Waals surface area contributed by atoms with Crippen molar-refractivity contribution in [3.8, 4) is 0 Å². The quantitative estimate of drug-likeness (QED) is 0.0436. The Bertz CT molecular complexity index is 757. The second kappa shape index (κ2) is 30.5. The molecule has 0 aromatic rings. The predicted molar refractivity (Wildman–Crippen MR) is 192 cm³/mol. The summed E-state index contributed by atoms with van der Waals surface area (Å²) >= 11 is 0. The van der Waals surface area contributed by atoms with E-state index in [0.717, 1.165) is 70.6 Å². The van der Waals surface area contributed by atoms with Crippen molar-refractivity contribution in [1.29, 1.82) is 0 Å². The summed E-state index contributed by atoms with van der Waals surface area (Å²) in [6.07, 6.45) is 45.3. The molecule has 1 saturated carbocycles. The number of rotatable bonds is 31. The van der Waals surface area contributed by atoms with E-state index in [0.29, 0.717) is 12.8 Å². The van der Waals surface area contributed by atoms with Crippen LogP contribution in [-0.4, -0.2) is 24.1 Å². The van der Waals surface area contributed by atoms with Gasteiger partial charge in [0.2, 0.25) is 0 Å². The summed E-state index contributed by atoms with van der Waals surface area (Å²) in [6, 6.07) is 0. The highest BCUT2D eigenvalue weighted by atomic mass is 16.6. The minimum Gasteiger partial charge on any atom is -0.458 e. The molecule has 0 aromatic heterocycles. The van der Waals surface area contributed by atoms with E-state index >= 15 is 0 Å². The zero-order valence-electron chi connectivity index (χ0n) is 29.7. The van der Waals surface area contributed by atoms with E-state index < -0.39 is 0 Å². The van der Waals surface area contributed by atoms with Crippen LogP contribution in [0.2, 0.25) is 0 Å². The molecule has 0 saturated heterocycles. The van der Waals surface area contributed by atoms with Crippen molar-refractivity contribution in [1.82, 2.24) is 0 Å². The van der Waals surface area contributed by atoms with Crippen LogP contribution in [0.4, 0.5) is 0 Å². The van der Waals surface area contributed by atoms with Crippen LogP contribution in [0.3, 0.4) is 0 Å². The summed E-state index contributed by atoms with van der Waals surface area (Å²) in [7, 11) is 0. The summed E-state index contributed by atoms with van der Waals surface area (Å²) in [4.78, 5) is 24.7. The molecule has 4 heteroatoms. The fourth-order valence-corrected chi connectivity index (χ4v) is 5.67. The van der Waals surface area contributed by atoms with E-state index in [2.05, 4.69) is 69.4 Å². The first-order valence-electron chi connectivity index (χ1n) is 19.1. The van der Waals surface area contributed by atoms with Crippen LogP contribution >= 0.6 is 0 Å². The third-order valence-electron chi connectivity index (χ3n) is 8.70. The van der Waals surface area contributed by atoms with Gasteiger partial charge in [-0.1, -0.05) is 134 Å². The lowest BCUT2D eigenvalue weighted by Gasteiger charge is -2.06. The summed E-state index contributed by atoms with van der Waals surface area (Å²) in [5, 5.41) is 0. The first kappa shape index (κ1) is 40.9. The van der Waals surface area contributed by atoms with Gasteiger partial charge in [0.05, 0.1) is 0 Å². The summed E-state index contributed by atoms with van der Waals surface area (Å²) < 4.78 is 11.4. The fourth-order valence-electron chi connectivity index (χ4n) is 5.67. The van der Waals surface area contributed by atoms with Crippen molar-refractivity contribution in [3.05, 3.63) is 48.6 Å². The van der Waals surface area contributed by atoms with E-state index in [1.54, 1.807) is 0 Å². The largest absolute Gasteiger partial charge is 0.458 e. The normalized spacial score (nSPS) is 18.2. The van der Waals surface area contributed by atoms with Crippen molar-refractivity contribution in [2.45, 2.75) is 193 Å². The zero-order valence-corrected chi connectivity index (χ0v) is 29.7. The minimum absolute atomic E-state index is 0.142. The smallest absolute Gasteiger partial charge is 0.306 e. The van der Waals surface area contributed by atoms with Crippen LogP contribution in [0, 0.1) is 5.92 Å². The summed E-state index contributed by atoms with van der Waals surface area (Å²) in [5.74, 6) is -0.125. The highest BCUT2D eigenvalue weighted by Gasteiger charge is 2.55. The van der Waals surface area contributed by atoms with E-state index in [1.165, 1.54) is 77.0 Å². The van der Waals surface area contributed by atoms with Crippen molar-refractivity contribution >= 4 is 11.9 Å². The third kappa shape index (κ3) is 24.8. The number of carbonyl (C=O) groups is 2. The van der Waals surface area contributed by atoms with Crippen LogP contribution in [-0.2, 0) is 19.1 Å². The molecule has 0 aromatic carbocycles. The molecule has 1 fully saturated rings. The van der Waals surface area contributed by atoms with Crippen LogP contribution in [0.1, 0.15) is 181 Å². The second-order valence-corrected chi connectivity index (χ2v) is 12.9. The Morgan fingerprint density at radius 3 is 1.13 bits per heavy atom. The molecule has 1 rings (SSSR count). The molecule has 0 bridgehead atoms. The molecule has 258 valence electrons. The number of carbonyl (C=O) groups excluding carboxylic acids is 2. The average molecular weight is 627 g/mol. The Labute approximate surface area is 278 Å². The van der Waals surface area contributed by atoms with Gasteiger partial charge in [-0.05, 0) is 83.5 Å². The Kier molecular flexibility index (Phi) is 27.8. The third-order valence-corrected chi connectivity index (χ3v) is 8.70. The van der Waals surface area contributed by atoms with Gasteiger partial charge in [0.1, 0.15) is 12.2 Å². The molecule has 0 spiro atoms. The molecule has 1 aliphatic carbocycles. The maximum absolute atomic E-state index is 12.4. The molecular formula is C41H70O4. The van der Waals surface area contributed by atoms with Gasteiger partial charge in [-0.25, -0.2) is 0 Å². The van der Waals surface area contributed by atoms with Gasteiger partial charge >= 0.3 is 11.9 Å². The number of esters is 2. The monoisotopic (exact) mass is 627 g/mol. The first-order valence-corrected chi connectivity index (χ1v) is 19.1. The number of hydrogen-bond donors (Lipinski definition) is 0. The molecule has 0 amide bonds. The molecule has 0 aliphatic heterocycles. The maximum Gasteiger partial charge on any atom is 0.306 e.